The summed E-state index contributed by atoms with van der Waals surface area (Å²) >= 11 is 0. The van der Waals surface area contributed by atoms with Crippen molar-refractivity contribution in [3.63, 3.8) is 0 Å². The number of imidazole rings is 1. The fourth-order valence-electron chi connectivity index (χ4n) is 3.35. The fourth-order valence-corrected chi connectivity index (χ4v) is 3.35. The van der Waals surface area contributed by atoms with Crippen LogP contribution in [0.25, 0.3) is 0 Å². The second kappa shape index (κ2) is 7.25. The fraction of sp³-hybridized carbons (Fsp3) is 0.647. The molecule has 1 atom stereocenters. The second-order valence-electron chi connectivity index (χ2n) is 6.55. The Morgan fingerprint density at radius 1 is 1.08 bits per heavy atom. The Kier molecular flexibility index (Phi) is 5.06. The van der Waals surface area contributed by atoms with E-state index in [1.54, 1.807) is 16.7 Å². The van der Waals surface area contributed by atoms with E-state index in [4.69, 9.17) is 4.74 Å². The molecule has 1 aromatic rings. The number of fused-ring (bicyclic) bond motifs is 1. The summed E-state index contributed by atoms with van der Waals surface area (Å²) in [6, 6.07) is 0. The van der Waals surface area contributed by atoms with Gasteiger partial charge in [-0.1, -0.05) is 0 Å². The highest BCUT2D eigenvalue weighted by molar-refractivity contribution is 5.91. The van der Waals surface area contributed by atoms with E-state index in [0.717, 1.165) is 31.6 Å². The Bertz CT molecular complexity index is 676. The van der Waals surface area contributed by atoms with Crippen LogP contribution < -0.4 is 0 Å². The van der Waals surface area contributed by atoms with Crippen LogP contribution in [0.4, 0.5) is 0 Å². The molecule has 3 rings (SSSR count). The van der Waals surface area contributed by atoms with Gasteiger partial charge in [0, 0.05) is 46.1 Å². The lowest BCUT2D eigenvalue weighted by Crippen LogP contribution is -2.52. The number of carbonyl (C=O) groups excluding carboxylic acids is 3. The zero-order valence-corrected chi connectivity index (χ0v) is 14.7. The number of esters is 1. The number of ether oxygens (including phenoxy) is 1. The molecule has 1 fully saturated rings. The van der Waals surface area contributed by atoms with E-state index in [9.17, 15) is 14.4 Å². The van der Waals surface area contributed by atoms with E-state index in [1.807, 2.05) is 4.57 Å². The Balaban J connectivity index is 1.57. The SMILES string of the molecule is CC(=O)N1CCN(C(=O)[C@@H](C)OC(=O)c2cnc3n2CCCC3)CC1. The van der Waals surface area contributed by atoms with Crippen LogP contribution in [0.1, 0.15) is 43.0 Å². The molecule has 0 bridgehead atoms. The first kappa shape index (κ1) is 17.4. The predicted octanol–water partition coefficient (Wildman–Crippen LogP) is 0.455. The minimum atomic E-state index is -0.855. The minimum absolute atomic E-state index is 0.0112. The molecule has 2 aliphatic heterocycles. The van der Waals surface area contributed by atoms with Crippen molar-refractivity contribution < 1.29 is 19.1 Å². The van der Waals surface area contributed by atoms with Crippen molar-refractivity contribution in [3.05, 3.63) is 17.7 Å². The van der Waals surface area contributed by atoms with E-state index in [1.165, 1.54) is 13.1 Å². The van der Waals surface area contributed by atoms with E-state index >= 15 is 0 Å². The van der Waals surface area contributed by atoms with Crippen molar-refractivity contribution in [3.8, 4) is 0 Å². The third kappa shape index (κ3) is 3.67. The van der Waals surface area contributed by atoms with Crippen LogP contribution in [0.5, 0.6) is 0 Å². The molecular weight excluding hydrogens is 324 g/mol. The molecule has 2 aliphatic rings. The van der Waals surface area contributed by atoms with Crippen LogP contribution in [0, 0.1) is 0 Å². The molecule has 8 nitrogen and oxygen atoms in total. The predicted molar refractivity (Wildman–Crippen MR) is 88.9 cm³/mol. The molecule has 0 unspecified atom stereocenters. The highest BCUT2D eigenvalue weighted by atomic mass is 16.5. The highest BCUT2D eigenvalue weighted by Gasteiger charge is 2.29. The van der Waals surface area contributed by atoms with Gasteiger partial charge in [0.1, 0.15) is 11.5 Å². The molecule has 0 saturated carbocycles. The van der Waals surface area contributed by atoms with Crippen LogP contribution in [0.3, 0.4) is 0 Å². The number of carbonyl (C=O) groups is 3. The standard InChI is InChI=1S/C17H24N4O4/c1-12(16(23)20-9-7-19(8-10-20)13(2)22)25-17(24)14-11-18-15-5-3-4-6-21(14)15/h11-12H,3-10H2,1-2H3/t12-/m1/s1. The topological polar surface area (TPSA) is 84.7 Å². The molecule has 1 saturated heterocycles. The maximum Gasteiger partial charge on any atom is 0.357 e. The van der Waals surface area contributed by atoms with Crippen molar-refractivity contribution in [2.75, 3.05) is 26.2 Å². The summed E-state index contributed by atoms with van der Waals surface area (Å²) in [5.41, 5.74) is 0.413. The van der Waals surface area contributed by atoms with Crippen molar-refractivity contribution in [2.45, 2.75) is 45.8 Å². The first-order valence-electron chi connectivity index (χ1n) is 8.77. The summed E-state index contributed by atoms with van der Waals surface area (Å²) in [7, 11) is 0. The number of hydrogen-bond donors (Lipinski definition) is 0. The maximum atomic E-state index is 12.5. The van der Waals surface area contributed by atoms with Gasteiger partial charge in [0.15, 0.2) is 6.10 Å². The molecule has 0 N–H and O–H groups in total. The van der Waals surface area contributed by atoms with E-state index in [2.05, 4.69) is 4.98 Å². The molecule has 3 heterocycles. The number of amides is 2. The molecule has 25 heavy (non-hydrogen) atoms. The van der Waals surface area contributed by atoms with Gasteiger partial charge < -0.3 is 19.1 Å². The van der Waals surface area contributed by atoms with Gasteiger partial charge in [-0.3, -0.25) is 9.59 Å². The lowest BCUT2D eigenvalue weighted by molar-refractivity contribution is -0.144. The molecule has 0 aromatic carbocycles. The van der Waals surface area contributed by atoms with E-state index < -0.39 is 12.1 Å². The number of aryl methyl sites for hydroxylation is 1. The number of aromatic nitrogens is 2. The van der Waals surface area contributed by atoms with Crippen molar-refractivity contribution in [2.24, 2.45) is 0 Å². The van der Waals surface area contributed by atoms with Gasteiger partial charge >= 0.3 is 5.97 Å². The molecular formula is C17H24N4O4. The Hall–Kier alpha value is -2.38. The molecule has 136 valence electrons. The summed E-state index contributed by atoms with van der Waals surface area (Å²) < 4.78 is 7.26. The minimum Gasteiger partial charge on any atom is -0.448 e. The van der Waals surface area contributed by atoms with Crippen LogP contribution in [-0.4, -0.2) is 69.4 Å². The summed E-state index contributed by atoms with van der Waals surface area (Å²) in [4.78, 5) is 43.9. The molecule has 8 heteroatoms. The molecule has 1 aromatic heterocycles. The monoisotopic (exact) mass is 348 g/mol. The number of piperazine rings is 1. The average molecular weight is 348 g/mol. The van der Waals surface area contributed by atoms with Gasteiger partial charge in [0.05, 0.1) is 6.20 Å². The van der Waals surface area contributed by atoms with Crippen molar-refractivity contribution in [1.82, 2.24) is 19.4 Å². The third-order valence-corrected chi connectivity index (χ3v) is 4.85. The van der Waals surface area contributed by atoms with Crippen LogP contribution in [0.2, 0.25) is 0 Å². The smallest absolute Gasteiger partial charge is 0.357 e. The molecule has 0 spiro atoms. The zero-order valence-electron chi connectivity index (χ0n) is 14.7. The van der Waals surface area contributed by atoms with E-state index in [0.29, 0.717) is 31.9 Å². The van der Waals surface area contributed by atoms with Gasteiger partial charge in [-0.2, -0.15) is 0 Å². The van der Waals surface area contributed by atoms with Gasteiger partial charge in [-0.05, 0) is 19.8 Å². The molecule has 0 aliphatic carbocycles. The zero-order chi connectivity index (χ0) is 18.0. The van der Waals surface area contributed by atoms with Gasteiger partial charge in [0.2, 0.25) is 5.91 Å². The number of hydrogen-bond acceptors (Lipinski definition) is 5. The maximum absolute atomic E-state index is 12.5. The first-order chi connectivity index (χ1) is 12.0. The van der Waals surface area contributed by atoms with Crippen LogP contribution >= 0.6 is 0 Å². The third-order valence-electron chi connectivity index (χ3n) is 4.85. The summed E-state index contributed by atoms with van der Waals surface area (Å²) in [5, 5.41) is 0. The second-order valence-corrected chi connectivity index (χ2v) is 6.55. The summed E-state index contributed by atoms with van der Waals surface area (Å²) in [6.07, 6.45) is 3.63. The quantitative estimate of drug-likeness (QED) is 0.741. The first-order valence-corrected chi connectivity index (χ1v) is 8.77. The number of nitrogens with zero attached hydrogens (tertiary/aromatic N) is 4. The largest absolute Gasteiger partial charge is 0.448 e. The lowest BCUT2D eigenvalue weighted by Gasteiger charge is -2.35. The summed E-state index contributed by atoms with van der Waals surface area (Å²) in [5.74, 6) is 0.174. The lowest BCUT2D eigenvalue weighted by atomic mass is 10.1. The van der Waals surface area contributed by atoms with Gasteiger partial charge in [-0.25, -0.2) is 9.78 Å². The number of rotatable bonds is 3. The molecule has 2 amide bonds. The molecule has 0 radical (unpaired) electrons. The van der Waals surface area contributed by atoms with E-state index in [-0.39, 0.29) is 11.8 Å². The van der Waals surface area contributed by atoms with Crippen molar-refractivity contribution in [1.29, 1.82) is 0 Å². The normalized spacial score (nSPS) is 18.5. The van der Waals surface area contributed by atoms with Crippen molar-refractivity contribution >= 4 is 17.8 Å². The Morgan fingerprint density at radius 3 is 2.44 bits per heavy atom. The average Bonchev–Trinajstić information content (AvgIpc) is 3.05. The highest BCUT2D eigenvalue weighted by Crippen LogP contribution is 2.17. The van der Waals surface area contributed by atoms with Crippen LogP contribution in [0.15, 0.2) is 6.20 Å². The van der Waals surface area contributed by atoms with Crippen LogP contribution in [-0.2, 0) is 27.3 Å². The summed E-state index contributed by atoms with van der Waals surface area (Å²) in [6.45, 7) is 5.81. The van der Waals surface area contributed by atoms with Gasteiger partial charge in [0.25, 0.3) is 5.91 Å². The Labute approximate surface area is 146 Å². The van der Waals surface area contributed by atoms with Gasteiger partial charge in [-0.15, -0.1) is 0 Å². The Morgan fingerprint density at radius 2 is 1.76 bits per heavy atom.